The summed E-state index contributed by atoms with van der Waals surface area (Å²) in [7, 11) is -4.22. The van der Waals surface area contributed by atoms with Crippen LogP contribution in [0.5, 0.6) is 0 Å². The average molecular weight is 561 g/mol. The van der Waals surface area contributed by atoms with Crippen molar-refractivity contribution in [2.75, 3.05) is 13.4 Å². The molecule has 1 heterocycles. The molecule has 1 N–H and O–H groups in total. The molecule has 0 amide bonds. The number of halogens is 1. The fourth-order valence-electron chi connectivity index (χ4n) is 8.43. The van der Waals surface area contributed by atoms with E-state index < -0.39 is 68.7 Å². The van der Waals surface area contributed by atoms with Crippen LogP contribution in [0.25, 0.3) is 0 Å². The van der Waals surface area contributed by atoms with Crippen LogP contribution in [0.3, 0.4) is 0 Å². The van der Waals surface area contributed by atoms with Gasteiger partial charge in [-0.1, -0.05) is 36.3 Å². The number of ketones is 2. The summed E-state index contributed by atoms with van der Waals surface area (Å²) in [5.74, 6) is -1.82. The third-order valence-electron chi connectivity index (χ3n) is 10.4. The molecule has 0 unspecified atom stereocenters. The Morgan fingerprint density at radius 1 is 1.21 bits per heavy atom. The van der Waals surface area contributed by atoms with E-state index in [0.717, 1.165) is 5.56 Å². The number of hydrogen-bond donors (Lipinski definition) is 1. The number of Topliss-reactive ketones (excluding diaryl/α,β-unsaturated/α-hetero) is 1. The van der Waals surface area contributed by atoms with Gasteiger partial charge in [-0.05, 0) is 69.7 Å². The number of carbonyl (C=O) groups is 2. The van der Waals surface area contributed by atoms with Crippen LogP contribution in [0.1, 0.15) is 45.1 Å². The highest BCUT2D eigenvalue weighted by Crippen LogP contribution is 2.71. The Kier molecular flexibility index (Phi) is 5.96. The summed E-state index contributed by atoms with van der Waals surface area (Å²) in [6.07, 6.45) is 3.35. The number of alkyl halides is 1. The van der Waals surface area contributed by atoms with E-state index in [2.05, 4.69) is 0 Å². The van der Waals surface area contributed by atoms with E-state index in [4.69, 9.17) is 13.7 Å². The Labute approximate surface area is 227 Å². The molecule has 0 bridgehead atoms. The van der Waals surface area contributed by atoms with Gasteiger partial charge < -0.3 is 14.6 Å². The molecule has 210 valence electrons. The number of aryl methyl sites for hydroxylation is 1. The van der Waals surface area contributed by atoms with Crippen molar-refractivity contribution in [3.8, 4) is 0 Å². The number of rotatable bonds is 5. The maximum Gasteiger partial charge on any atom is 0.297 e. The van der Waals surface area contributed by atoms with Crippen molar-refractivity contribution in [3.05, 3.63) is 53.6 Å². The SMILES string of the molecule is Cc1ccc(S(=O)(=O)OCC(=O)[C@@]23OCO[C@@H]2C[C@H]2[C@@H]4CCC5=CC(=O)C=C[C@]5(C)[C@@]4(F)[C@@H](O)C[C@@]23C)cc1. The molecule has 8 nitrogen and oxygen atoms in total. The minimum Gasteiger partial charge on any atom is -0.390 e. The molecule has 4 fully saturated rings. The molecule has 3 saturated carbocycles. The Hall–Kier alpha value is -2.24. The van der Waals surface area contributed by atoms with Crippen LogP contribution in [0, 0.1) is 29.6 Å². The number of aliphatic hydroxyl groups excluding tert-OH is 1. The molecule has 0 radical (unpaired) electrons. The molecule has 8 atom stereocenters. The van der Waals surface area contributed by atoms with Crippen molar-refractivity contribution >= 4 is 21.7 Å². The molecule has 0 aromatic heterocycles. The van der Waals surface area contributed by atoms with Gasteiger partial charge in [-0.15, -0.1) is 0 Å². The second-order valence-corrected chi connectivity index (χ2v) is 13.7. The Bertz CT molecular complexity index is 1400. The number of fused-ring (bicyclic) bond motifs is 7. The van der Waals surface area contributed by atoms with Crippen molar-refractivity contribution in [2.24, 2.45) is 22.7 Å². The van der Waals surface area contributed by atoms with Crippen LogP contribution in [-0.2, 0) is 33.4 Å². The largest absolute Gasteiger partial charge is 0.390 e. The van der Waals surface area contributed by atoms with Crippen molar-refractivity contribution in [1.82, 2.24) is 0 Å². The molecule has 39 heavy (non-hydrogen) atoms. The molecule has 6 rings (SSSR count). The molecule has 4 aliphatic carbocycles. The first-order valence-electron chi connectivity index (χ1n) is 13.4. The second kappa shape index (κ2) is 8.63. The lowest BCUT2D eigenvalue weighted by Gasteiger charge is -2.62. The van der Waals surface area contributed by atoms with E-state index in [1.807, 2.05) is 13.8 Å². The molecule has 1 saturated heterocycles. The van der Waals surface area contributed by atoms with Gasteiger partial charge in [0.25, 0.3) is 10.1 Å². The smallest absolute Gasteiger partial charge is 0.297 e. The molecule has 10 heteroatoms. The number of carbonyl (C=O) groups excluding carboxylic acids is 2. The lowest BCUT2D eigenvalue weighted by molar-refractivity contribution is -0.222. The van der Waals surface area contributed by atoms with E-state index in [0.29, 0.717) is 24.8 Å². The van der Waals surface area contributed by atoms with E-state index in [-0.39, 0.29) is 23.9 Å². The second-order valence-electron chi connectivity index (χ2n) is 12.1. The first-order valence-corrected chi connectivity index (χ1v) is 14.8. The van der Waals surface area contributed by atoms with Gasteiger partial charge in [0.15, 0.2) is 22.8 Å². The van der Waals surface area contributed by atoms with E-state index >= 15 is 4.39 Å². The van der Waals surface area contributed by atoms with Crippen LogP contribution < -0.4 is 0 Å². The number of aliphatic hydroxyl groups is 1. The van der Waals surface area contributed by atoms with Crippen molar-refractivity contribution in [3.63, 3.8) is 0 Å². The molecule has 1 aliphatic heterocycles. The van der Waals surface area contributed by atoms with Gasteiger partial charge in [0.1, 0.15) is 13.4 Å². The van der Waals surface area contributed by atoms with Gasteiger partial charge in [0, 0.05) is 16.7 Å². The van der Waals surface area contributed by atoms with Crippen LogP contribution in [0.15, 0.2) is 53.0 Å². The number of allylic oxidation sites excluding steroid dienone is 4. The summed E-state index contributed by atoms with van der Waals surface area (Å²) in [5.41, 5.74) is -4.30. The topological polar surface area (TPSA) is 116 Å². The Morgan fingerprint density at radius 2 is 1.92 bits per heavy atom. The van der Waals surface area contributed by atoms with Gasteiger partial charge in [-0.3, -0.25) is 13.8 Å². The lowest BCUT2D eigenvalue weighted by Crippen LogP contribution is -2.69. The maximum atomic E-state index is 17.4. The first-order chi connectivity index (χ1) is 18.3. The van der Waals surface area contributed by atoms with Crippen LogP contribution in [-0.4, -0.2) is 62.0 Å². The quantitative estimate of drug-likeness (QED) is 0.545. The van der Waals surface area contributed by atoms with Gasteiger partial charge >= 0.3 is 0 Å². The van der Waals surface area contributed by atoms with E-state index in [9.17, 15) is 23.1 Å². The zero-order chi connectivity index (χ0) is 28.0. The predicted molar refractivity (Wildman–Crippen MR) is 137 cm³/mol. The first kappa shape index (κ1) is 27.0. The number of hydrogen-bond acceptors (Lipinski definition) is 8. The molecule has 5 aliphatic rings. The normalized spacial score (nSPS) is 42.8. The fourth-order valence-corrected chi connectivity index (χ4v) is 9.30. The van der Waals surface area contributed by atoms with Gasteiger partial charge in [0.2, 0.25) is 0 Å². The fraction of sp³-hybridized carbons (Fsp3) is 0.586. The predicted octanol–water partition coefficient (Wildman–Crippen LogP) is 3.36. The van der Waals surface area contributed by atoms with Gasteiger partial charge in [0.05, 0.1) is 17.1 Å². The monoisotopic (exact) mass is 560 g/mol. The Morgan fingerprint density at radius 3 is 2.64 bits per heavy atom. The molecular weight excluding hydrogens is 527 g/mol. The number of benzene rings is 1. The van der Waals surface area contributed by atoms with Crippen molar-refractivity contribution in [1.29, 1.82) is 0 Å². The van der Waals surface area contributed by atoms with Crippen LogP contribution >= 0.6 is 0 Å². The number of ether oxygens (including phenoxy) is 2. The van der Waals surface area contributed by atoms with Crippen LogP contribution in [0.4, 0.5) is 4.39 Å². The standard InChI is InChI=1S/C29H33FO8S/c1-17-4-7-20(8-5-17)39(34,35)38-15-24(33)29-25(36-16-37-29)13-22-21-9-6-18-12-19(31)10-11-26(18,2)28(21,30)23(32)14-27(22,29)3/h4-5,7-8,10-12,21-23,25,32H,6,9,13-16H2,1-3H3/t21-,22-,23-,25+,26-,27-,28-,29+/m0/s1. The van der Waals surface area contributed by atoms with E-state index in [1.165, 1.54) is 24.3 Å². The minimum absolute atomic E-state index is 0.0670. The molecule has 0 spiro atoms. The summed E-state index contributed by atoms with van der Waals surface area (Å²) >= 11 is 0. The average Bonchev–Trinajstić information content (AvgIpc) is 3.41. The van der Waals surface area contributed by atoms with Gasteiger partial charge in [-0.2, -0.15) is 8.42 Å². The minimum atomic E-state index is -4.22. The van der Waals surface area contributed by atoms with Crippen molar-refractivity contribution in [2.45, 2.75) is 74.8 Å². The summed E-state index contributed by atoms with van der Waals surface area (Å²) in [5, 5.41) is 11.5. The summed E-state index contributed by atoms with van der Waals surface area (Å²) in [4.78, 5) is 25.9. The molecular formula is C29H33FO8S. The third-order valence-corrected chi connectivity index (χ3v) is 11.7. The highest BCUT2D eigenvalue weighted by Gasteiger charge is 2.78. The highest BCUT2D eigenvalue weighted by atomic mass is 32.2. The Balaban J connectivity index is 1.33. The lowest BCUT2D eigenvalue weighted by atomic mass is 9.44. The van der Waals surface area contributed by atoms with E-state index in [1.54, 1.807) is 25.1 Å². The molecule has 1 aromatic rings. The van der Waals surface area contributed by atoms with Crippen molar-refractivity contribution < 1.29 is 41.2 Å². The summed E-state index contributed by atoms with van der Waals surface area (Å²) in [6, 6.07) is 6.10. The third kappa shape index (κ3) is 3.45. The highest BCUT2D eigenvalue weighted by molar-refractivity contribution is 7.86. The summed E-state index contributed by atoms with van der Waals surface area (Å²) in [6.45, 7) is 4.44. The van der Waals surface area contributed by atoms with Crippen LogP contribution in [0.2, 0.25) is 0 Å². The zero-order valence-electron chi connectivity index (χ0n) is 22.2. The van der Waals surface area contributed by atoms with Gasteiger partial charge in [-0.25, -0.2) is 4.39 Å². The molecule has 1 aromatic carbocycles. The summed E-state index contributed by atoms with van der Waals surface area (Å²) < 4.78 is 60.1. The maximum absolute atomic E-state index is 17.4. The zero-order valence-corrected chi connectivity index (χ0v) is 23.0.